The van der Waals surface area contributed by atoms with Crippen LogP contribution < -0.4 is 29.6 Å². The van der Waals surface area contributed by atoms with Crippen molar-refractivity contribution >= 4 is 0 Å². The number of rotatable bonds is 0. The molecule has 1 nitrogen and oxygen atoms in total. The number of hydrogen-bond acceptors (Lipinski definition) is 0. The van der Waals surface area contributed by atoms with Crippen LogP contribution in [0, 0.1) is 0 Å². The van der Waals surface area contributed by atoms with Gasteiger partial charge in [0.1, 0.15) is 0 Å². The van der Waals surface area contributed by atoms with E-state index in [4.69, 9.17) is 0 Å². The molecule has 0 aromatic rings. The second-order valence-electron chi connectivity index (χ2n) is 0.447. The maximum atomic E-state index is 3.50. The van der Waals surface area contributed by atoms with E-state index in [0.29, 0.717) is 0 Å². The summed E-state index contributed by atoms with van der Waals surface area (Å²) in [6.07, 6.45) is 0. The summed E-state index contributed by atoms with van der Waals surface area (Å²) >= 11 is 0. The summed E-state index contributed by atoms with van der Waals surface area (Å²) in [5, 5.41) is 3.50. The van der Waals surface area contributed by atoms with E-state index in [1.807, 2.05) is 0 Å². The molecule has 0 fully saturated rings. The molecule has 0 aromatic heterocycles. The molecule has 20 valence electrons. The summed E-state index contributed by atoms with van der Waals surface area (Å²) in [5.41, 5.74) is 0. The zero-order valence-electron chi connectivity index (χ0n) is 3.45. The van der Waals surface area contributed by atoms with Gasteiger partial charge < -0.3 is 5.32 Å². The van der Waals surface area contributed by atoms with Gasteiger partial charge in [0.2, 0.25) is 0 Å². The maximum absolute atomic E-state index is 3.50. The minimum atomic E-state index is 0. The van der Waals surface area contributed by atoms with Crippen LogP contribution in [-0.2, 0) is 0 Å². The summed E-state index contributed by atoms with van der Waals surface area (Å²) in [5.74, 6) is 0. The van der Waals surface area contributed by atoms with Gasteiger partial charge in [-0.1, -0.05) is 0 Å². The van der Waals surface area contributed by atoms with Gasteiger partial charge in [-0.25, -0.2) is 0 Å². The smallest absolute Gasteiger partial charge is 0.668 e. The van der Waals surface area contributed by atoms with E-state index in [1.165, 1.54) is 0 Å². The van der Waals surface area contributed by atoms with Crippen molar-refractivity contribution in [2.45, 2.75) is 0 Å². The maximum Gasteiger partial charge on any atom is 1.00 e. The number of nitrogens with zero attached hydrogens (tertiary/aromatic N) is 1. The first kappa shape index (κ1) is 8.88. The third kappa shape index (κ3) is 12.3. The van der Waals surface area contributed by atoms with Crippen LogP contribution in [0.5, 0.6) is 0 Å². The molecule has 0 aliphatic carbocycles. The Balaban J connectivity index is 0. The van der Waals surface area contributed by atoms with Crippen molar-refractivity contribution in [2.24, 2.45) is 0 Å². The standard InChI is InChI=1S/C2H6N.Na/c1-3-2;/h1-2H3;/q-1;+1. The fourth-order valence-corrected chi connectivity index (χ4v) is 0. The predicted octanol–water partition coefficient (Wildman–Crippen LogP) is -2.38. The van der Waals surface area contributed by atoms with E-state index in [1.54, 1.807) is 14.1 Å². The van der Waals surface area contributed by atoms with Gasteiger partial charge in [0.15, 0.2) is 0 Å². The fraction of sp³-hybridized carbons (Fsp3) is 1.00. The van der Waals surface area contributed by atoms with E-state index < -0.39 is 0 Å². The topological polar surface area (TPSA) is 14.1 Å². The molecule has 0 aliphatic heterocycles. The summed E-state index contributed by atoms with van der Waals surface area (Å²) in [6, 6.07) is 0. The fourth-order valence-electron chi connectivity index (χ4n) is 0. The Labute approximate surface area is 49.1 Å². The summed E-state index contributed by atoms with van der Waals surface area (Å²) < 4.78 is 0. The van der Waals surface area contributed by atoms with Crippen molar-refractivity contribution in [3.8, 4) is 0 Å². The van der Waals surface area contributed by atoms with Crippen LogP contribution in [0.4, 0.5) is 0 Å². The van der Waals surface area contributed by atoms with Gasteiger partial charge >= 0.3 is 29.6 Å². The van der Waals surface area contributed by atoms with E-state index in [-0.39, 0.29) is 29.6 Å². The third-order valence-electron chi connectivity index (χ3n) is 0. The van der Waals surface area contributed by atoms with E-state index in [2.05, 4.69) is 5.32 Å². The Morgan fingerprint density at radius 1 is 1.25 bits per heavy atom. The van der Waals surface area contributed by atoms with Gasteiger partial charge in [0.05, 0.1) is 0 Å². The van der Waals surface area contributed by atoms with Crippen molar-refractivity contribution in [3.05, 3.63) is 5.32 Å². The van der Waals surface area contributed by atoms with Crippen molar-refractivity contribution in [1.29, 1.82) is 0 Å². The molecule has 4 heavy (non-hydrogen) atoms. The van der Waals surface area contributed by atoms with Crippen LogP contribution in [-0.4, -0.2) is 14.1 Å². The average molecular weight is 67.1 g/mol. The van der Waals surface area contributed by atoms with Crippen LogP contribution in [0.15, 0.2) is 0 Å². The van der Waals surface area contributed by atoms with Crippen LogP contribution in [0.1, 0.15) is 0 Å². The molecule has 0 rings (SSSR count). The van der Waals surface area contributed by atoms with Crippen LogP contribution in [0.2, 0.25) is 0 Å². The quantitative estimate of drug-likeness (QED) is 0.281. The molecule has 0 aromatic carbocycles. The SMILES string of the molecule is C[N-]C.[Na+]. The van der Waals surface area contributed by atoms with Crippen molar-refractivity contribution in [2.75, 3.05) is 14.1 Å². The summed E-state index contributed by atoms with van der Waals surface area (Å²) in [4.78, 5) is 0. The molecule has 0 amide bonds. The number of hydrogen-bond donors (Lipinski definition) is 0. The Morgan fingerprint density at radius 3 is 1.25 bits per heavy atom. The van der Waals surface area contributed by atoms with E-state index in [9.17, 15) is 0 Å². The first-order valence-corrected chi connectivity index (χ1v) is 0.894. The summed E-state index contributed by atoms with van der Waals surface area (Å²) in [6.45, 7) is 0. The monoisotopic (exact) mass is 67.0 g/mol. The zero-order chi connectivity index (χ0) is 2.71. The molecular formula is C2H6NNa. The van der Waals surface area contributed by atoms with Gasteiger partial charge in [-0.2, -0.15) is 14.1 Å². The second kappa shape index (κ2) is 9.03. The molecule has 0 heterocycles. The van der Waals surface area contributed by atoms with Gasteiger partial charge in [0, 0.05) is 0 Å². The first-order chi connectivity index (χ1) is 1.41. The molecule has 0 saturated carbocycles. The molecule has 0 N–H and O–H groups in total. The molecule has 0 aliphatic rings. The van der Waals surface area contributed by atoms with Gasteiger partial charge in [-0.3, -0.25) is 0 Å². The Morgan fingerprint density at radius 2 is 1.25 bits per heavy atom. The third-order valence-corrected chi connectivity index (χ3v) is 0. The second-order valence-corrected chi connectivity index (χ2v) is 0.447. The molecule has 0 bridgehead atoms. The molecule has 0 atom stereocenters. The minimum absolute atomic E-state index is 0. The molecule has 0 spiro atoms. The minimum Gasteiger partial charge on any atom is -0.668 e. The van der Waals surface area contributed by atoms with Gasteiger partial charge in [-0.15, -0.1) is 0 Å². The average Bonchev–Trinajstić information content (AvgIpc) is 0.918. The largest absolute Gasteiger partial charge is 1.00 e. The summed E-state index contributed by atoms with van der Waals surface area (Å²) in [7, 11) is 3.50. The van der Waals surface area contributed by atoms with Crippen molar-refractivity contribution in [3.63, 3.8) is 0 Å². The van der Waals surface area contributed by atoms with Crippen LogP contribution in [0.25, 0.3) is 5.32 Å². The zero-order valence-corrected chi connectivity index (χ0v) is 5.45. The molecule has 0 saturated heterocycles. The van der Waals surface area contributed by atoms with E-state index in [0.717, 1.165) is 0 Å². The molecular weight excluding hydrogens is 61.0 g/mol. The first-order valence-electron chi connectivity index (χ1n) is 0.894. The normalized spacial score (nSPS) is 4.50. The Bertz CT molecular complexity index is 6.00. The predicted molar refractivity (Wildman–Crippen MR) is 15.2 cm³/mol. The molecule has 0 unspecified atom stereocenters. The van der Waals surface area contributed by atoms with Gasteiger partial charge in [0.25, 0.3) is 0 Å². The van der Waals surface area contributed by atoms with Gasteiger partial charge in [-0.05, 0) is 0 Å². The van der Waals surface area contributed by atoms with E-state index >= 15 is 0 Å². The van der Waals surface area contributed by atoms with Crippen molar-refractivity contribution in [1.82, 2.24) is 0 Å². The van der Waals surface area contributed by atoms with Crippen molar-refractivity contribution < 1.29 is 29.6 Å². The molecule has 0 radical (unpaired) electrons. The van der Waals surface area contributed by atoms with Crippen LogP contribution in [0.3, 0.4) is 0 Å². The molecule has 2 heteroatoms. The Kier molecular flexibility index (Phi) is 20.0. The van der Waals surface area contributed by atoms with Crippen LogP contribution >= 0.6 is 0 Å². The Hall–Kier alpha value is 0.960.